The molecule has 1 heterocycles. The molecule has 1 aliphatic rings. The van der Waals surface area contributed by atoms with Gasteiger partial charge in [-0.25, -0.2) is 0 Å². The first-order valence-electron chi connectivity index (χ1n) is 6.48. The third kappa shape index (κ3) is 2.64. The topological polar surface area (TPSA) is 75.6 Å². The van der Waals surface area contributed by atoms with Gasteiger partial charge in [0.2, 0.25) is 0 Å². The van der Waals surface area contributed by atoms with E-state index in [1.807, 2.05) is 24.3 Å². The molecular formula is C16H13NO4. The number of imide groups is 1. The van der Waals surface area contributed by atoms with E-state index in [1.54, 1.807) is 18.2 Å². The van der Waals surface area contributed by atoms with Crippen molar-refractivity contribution in [3.63, 3.8) is 0 Å². The van der Waals surface area contributed by atoms with E-state index in [2.05, 4.69) is 5.32 Å². The summed E-state index contributed by atoms with van der Waals surface area (Å²) in [6.45, 7) is 0.303. The van der Waals surface area contributed by atoms with Gasteiger partial charge >= 0.3 is 0 Å². The second-order valence-electron chi connectivity index (χ2n) is 4.76. The zero-order chi connectivity index (χ0) is 14.8. The van der Waals surface area contributed by atoms with Gasteiger partial charge in [-0.05, 0) is 29.3 Å². The van der Waals surface area contributed by atoms with Gasteiger partial charge in [-0.15, -0.1) is 0 Å². The molecule has 106 valence electrons. The standard InChI is InChI=1S/C16H13NO4/c18-8-10-2-1-3-11(6-10)9-21-12-4-5-13-14(7-12)16(20)17-15(13)19/h1-7,18H,8-9H2,(H,17,19,20). The Bertz CT molecular complexity index is 724. The number of benzene rings is 2. The maximum absolute atomic E-state index is 11.6. The van der Waals surface area contributed by atoms with E-state index in [0.717, 1.165) is 11.1 Å². The molecule has 5 heteroatoms. The van der Waals surface area contributed by atoms with Gasteiger partial charge in [-0.2, -0.15) is 0 Å². The van der Waals surface area contributed by atoms with Crippen LogP contribution in [0.3, 0.4) is 0 Å². The van der Waals surface area contributed by atoms with Crippen LogP contribution in [0.4, 0.5) is 0 Å². The molecule has 2 aromatic carbocycles. The van der Waals surface area contributed by atoms with Crippen LogP contribution in [-0.4, -0.2) is 16.9 Å². The van der Waals surface area contributed by atoms with E-state index >= 15 is 0 Å². The summed E-state index contributed by atoms with van der Waals surface area (Å²) >= 11 is 0. The second kappa shape index (κ2) is 5.38. The Morgan fingerprint density at radius 1 is 0.952 bits per heavy atom. The average molecular weight is 283 g/mol. The Balaban J connectivity index is 1.75. The highest BCUT2D eigenvalue weighted by Crippen LogP contribution is 2.22. The van der Waals surface area contributed by atoms with Gasteiger partial charge in [0.05, 0.1) is 17.7 Å². The first-order chi connectivity index (χ1) is 10.2. The number of aliphatic hydroxyl groups excluding tert-OH is 1. The van der Waals surface area contributed by atoms with Gasteiger partial charge in [-0.3, -0.25) is 14.9 Å². The van der Waals surface area contributed by atoms with E-state index in [0.29, 0.717) is 23.5 Å². The van der Waals surface area contributed by atoms with Gasteiger partial charge < -0.3 is 9.84 Å². The lowest BCUT2D eigenvalue weighted by molar-refractivity contribution is 0.0879. The molecule has 1 aliphatic heterocycles. The van der Waals surface area contributed by atoms with Gasteiger partial charge in [0.25, 0.3) is 11.8 Å². The molecule has 0 aromatic heterocycles. The third-order valence-electron chi connectivity index (χ3n) is 3.29. The highest BCUT2D eigenvalue weighted by atomic mass is 16.5. The number of aliphatic hydroxyl groups is 1. The van der Waals surface area contributed by atoms with Crippen molar-refractivity contribution >= 4 is 11.8 Å². The minimum atomic E-state index is -0.400. The molecule has 0 atom stereocenters. The molecule has 5 nitrogen and oxygen atoms in total. The van der Waals surface area contributed by atoms with Crippen LogP contribution in [0.1, 0.15) is 31.8 Å². The fraction of sp³-hybridized carbons (Fsp3) is 0.125. The van der Waals surface area contributed by atoms with Crippen molar-refractivity contribution in [2.75, 3.05) is 0 Å². The van der Waals surface area contributed by atoms with Gasteiger partial charge in [-0.1, -0.05) is 24.3 Å². The summed E-state index contributed by atoms with van der Waals surface area (Å²) in [5.41, 5.74) is 2.44. The summed E-state index contributed by atoms with van der Waals surface area (Å²) in [7, 11) is 0. The van der Waals surface area contributed by atoms with Gasteiger partial charge in [0.1, 0.15) is 12.4 Å². The van der Waals surface area contributed by atoms with E-state index in [-0.39, 0.29) is 12.5 Å². The van der Waals surface area contributed by atoms with Crippen molar-refractivity contribution in [1.82, 2.24) is 5.32 Å². The number of fused-ring (bicyclic) bond motifs is 1. The molecule has 3 rings (SSSR count). The van der Waals surface area contributed by atoms with Crippen LogP contribution >= 0.6 is 0 Å². The quantitative estimate of drug-likeness (QED) is 0.836. The minimum Gasteiger partial charge on any atom is -0.489 e. The number of nitrogens with one attached hydrogen (secondary N) is 1. The van der Waals surface area contributed by atoms with Crippen LogP contribution in [0.25, 0.3) is 0 Å². The molecule has 0 saturated heterocycles. The monoisotopic (exact) mass is 283 g/mol. The smallest absolute Gasteiger partial charge is 0.259 e. The second-order valence-corrected chi connectivity index (χ2v) is 4.76. The Labute approximate surface area is 121 Å². The van der Waals surface area contributed by atoms with Gasteiger partial charge in [0, 0.05) is 0 Å². The fourth-order valence-corrected chi connectivity index (χ4v) is 2.22. The first kappa shape index (κ1) is 13.3. The SMILES string of the molecule is O=C1NC(=O)c2cc(OCc3cccc(CO)c3)ccc21. The lowest BCUT2D eigenvalue weighted by Crippen LogP contribution is -2.19. The largest absolute Gasteiger partial charge is 0.489 e. The first-order valence-corrected chi connectivity index (χ1v) is 6.48. The molecule has 0 unspecified atom stereocenters. The summed E-state index contributed by atoms with van der Waals surface area (Å²) in [4.78, 5) is 23.0. The molecule has 0 saturated carbocycles. The van der Waals surface area contributed by atoms with E-state index in [9.17, 15) is 9.59 Å². The van der Waals surface area contributed by atoms with Crippen molar-refractivity contribution in [3.05, 3.63) is 64.7 Å². The normalized spacial score (nSPS) is 13.0. The highest BCUT2D eigenvalue weighted by molar-refractivity contribution is 6.21. The van der Waals surface area contributed by atoms with Crippen LogP contribution in [0.2, 0.25) is 0 Å². The zero-order valence-electron chi connectivity index (χ0n) is 11.1. The van der Waals surface area contributed by atoms with Crippen molar-refractivity contribution in [3.8, 4) is 5.75 Å². The maximum atomic E-state index is 11.6. The number of carbonyl (C=O) groups is 2. The Morgan fingerprint density at radius 2 is 1.71 bits per heavy atom. The molecule has 0 fully saturated rings. The molecule has 0 bridgehead atoms. The number of hydrogen-bond acceptors (Lipinski definition) is 4. The van der Waals surface area contributed by atoms with Crippen LogP contribution in [0, 0.1) is 0 Å². The third-order valence-corrected chi connectivity index (χ3v) is 3.29. The predicted molar refractivity (Wildman–Crippen MR) is 74.9 cm³/mol. The molecule has 21 heavy (non-hydrogen) atoms. The summed E-state index contributed by atoms with van der Waals surface area (Å²) in [6, 6.07) is 12.2. The van der Waals surface area contributed by atoms with E-state index in [4.69, 9.17) is 9.84 Å². The predicted octanol–water partition coefficient (Wildman–Crippen LogP) is 1.64. The van der Waals surface area contributed by atoms with Crippen LogP contribution in [-0.2, 0) is 13.2 Å². The number of rotatable bonds is 4. The summed E-state index contributed by atoms with van der Waals surface area (Å²) in [6.07, 6.45) is 0. The lowest BCUT2D eigenvalue weighted by Gasteiger charge is -2.08. The number of carbonyl (C=O) groups excluding carboxylic acids is 2. The zero-order valence-corrected chi connectivity index (χ0v) is 11.1. The molecule has 2 N–H and O–H groups in total. The molecule has 2 amide bonds. The maximum Gasteiger partial charge on any atom is 0.259 e. The minimum absolute atomic E-state index is 0.0189. The van der Waals surface area contributed by atoms with Crippen LogP contribution in [0.15, 0.2) is 42.5 Å². The lowest BCUT2D eigenvalue weighted by atomic mass is 10.1. The Kier molecular flexibility index (Phi) is 3.41. The summed E-state index contributed by atoms with van der Waals surface area (Å²) in [5, 5.41) is 11.3. The van der Waals surface area contributed by atoms with E-state index in [1.165, 1.54) is 0 Å². The Morgan fingerprint density at radius 3 is 2.52 bits per heavy atom. The number of ether oxygens (including phenoxy) is 1. The Hall–Kier alpha value is -2.66. The van der Waals surface area contributed by atoms with Gasteiger partial charge in [0.15, 0.2) is 0 Å². The highest BCUT2D eigenvalue weighted by Gasteiger charge is 2.26. The average Bonchev–Trinajstić information content (AvgIpc) is 2.80. The molecular weight excluding hydrogens is 270 g/mol. The van der Waals surface area contributed by atoms with E-state index < -0.39 is 5.91 Å². The van der Waals surface area contributed by atoms with Crippen molar-refractivity contribution in [2.45, 2.75) is 13.2 Å². The molecule has 0 radical (unpaired) electrons. The van der Waals surface area contributed by atoms with Crippen molar-refractivity contribution < 1.29 is 19.4 Å². The van der Waals surface area contributed by atoms with Crippen LogP contribution in [0.5, 0.6) is 5.75 Å². The number of hydrogen-bond donors (Lipinski definition) is 2. The summed E-state index contributed by atoms with van der Waals surface area (Å²) in [5.74, 6) is -0.257. The van der Waals surface area contributed by atoms with Crippen molar-refractivity contribution in [2.24, 2.45) is 0 Å². The van der Waals surface area contributed by atoms with Crippen molar-refractivity contribution in [1.29, 1.82) is 0 Å². The van der Waals surface area contributed by atoms with Crippen LogP contribution < -0.4 is 10.1 Å². The molecule has 0 spiro atoms. The molecule has 2 aromatic rings. The fourth-order valence-electron chi connectivity index (χ4n) is 2.22. The number of amides is 2. The molecule has 0 aliphatic carbocycles. The summed E-state index contributed by atoms with van der Waals surface area (Å²) < 4.78 is 5.63.